The Kier molecular flexibility index (Phi) is 3.47. The summed E-state index contributed by atoms with van der Waals surface area (Å²) in [6.07, 6.45) is -3.72. The Balaban J connectivity index is 2.16. The molecule has 0 spiro atoms. The molecule has 0 amide bonds. The van der Waals surface area contributed by atoms with Crippen molar-refractivity contribution in [3.63, 3.8) is 0 Å². The molecule has 0 unspecified atom stereocenters. The van der Waals surface area contributed by atoms with Gasteiger partial charge in [-0.05, 0) is 24.1 Å². The van der Waals surface area contributed by atoms with Crippen LogP contribution in [-0.4, -0.2) is 14.7 Å². The fourth-order valence-corrected chi connectivity index (χ4v) is 2.72. The van der Waals surface area contributed by atoms with E-state index in [2.05, 4.69) is 4.98 Å². The van der Waals surface area contributed by atoms with Crippen molar-refractivity contribution in [3.05, 3.63) is 41.0 Å². The van der Waals surface area contributed by atoms with Gasteiger partial charge in [0.2, 0.25) is 0 Å². The second-order valence-electron chi connectivity index (χ2n) is 4.75. The van der Waals surface area contributed by atoms with E-state index >= 15 is 0 Å². The zero-order valence-electron chi connectivity index (χ0n) is 10.7. The number of aromatic nitrogens is 2. The average molecular weight is 334 g/mol. The number of Topliss-reactive ketones (excluding diaryl/α,β-unsaturated/α-hetero) is 1. The number of aryl methyl sites for hydroxylation is 1. The van der Waals surface area contributed by atoms with Gasteiger partial charge < -0.3 is 0 Å². The van der Waals surface area contributed by atoms with E-state index in [1.807, 2.05) is 0 Å². The lowest BCUT2D eigenvalue weighted by molar-refractivity contribution is -0.140. The molecule has 0 atom stereocenters. The number of benzene rings is 1. The minimum atomic E-state index is -4.76. The minimum absolute atomic E-state index is 0.211. The summed E-state index contributed by atoms with van der Waals surface area (Å²) in [5.74, 6) is -1.62. The van der Waals surface area contributed by atoms with Gasteiger partial charge in [0, 0.05) is 12.0 Å². The van der Waals surface area contributed by atoms with Gasteiger partial charge >= 0.3 is 6.18 Å². The molecular formula is C13H7F5N2OS. The van der Waals surface area contributed by atoms with E-state index in [-0.39, 0.29) is 23.3 Å². The SMILES string of the molecule is O=C1CCc2cc(-c3nc(C(F)(F)F)cn3SF)c(F)cc21. The van der Waals surface area contributed by atoms with E-state index in [1.165, 1.54) is 6.07 Å². The van der Waals surface area contributed by atoms with Gasteiger partial charge in [0.1, 0.15) is 5.82 Å². The maximum absolute atomic E-state index is 14.1. The number of carbonyl (C=O) groups is 1. The zero-order valence-corrected chi connectivity index (χ0v) is 11.6. The van der Waals surface area contributed by atoms with Gasteiger partial charge in [-0.25, -0.2) is 13.3 Å². The third-order valence-electron chi connectivity index (χ3n) is 3.40. The van der Waals surface area contributed by atoms with E-state index in [1.54, 1.807) is 0 Å². The van der Waals surface area contributed by atoms with E-state index < -0.39 is 35.8 Å². The van der Waals surface area contributed by atoms with Crippen LogP contribution in [0.4, 0.5) is 21.4 Å². The molecule has 9 heteroatoms. The number of hydrogen-bond acceptors (Lipinski definition) is 3. The van der Waals surface area contributed by atoms with Crippen LogP contribution in [0.5, 0.6) is 0 Å². The van der Waals surface area contributed by atoms with Crippen molar-refractivity contribution >= 4 is 18.1 Å². The molecule has 0 aliphatic heterocycles. The first kappa shape index (κ1) is 15.0. The summed E-state index contributed by atoms with van der Waals surface area (Å²) in [7, 11) is 0. The smallest absolute Gasteiger partial charge is 0.294 e. The fourth-order valence-electron chi connectivity index (χ4n) is 2.37. The van der Waals surface area contributed by atoms with Crippen molar-refractivity contribution < 1.29 is 26.2 Å². The van der Waals surface area contributed by atoms with E-state index in [4.69, 9.17) is 0 Å². The number of halogens is 5. The third-order valence-corrected chi connectivity index (χ3v) is 3.82. The maximum Gasteiger partial charge on any atom is 0.434 e. The van der Waals surface area contributed by atoms with Crippen LogP contribution in [0.15, 0.2) is 18.3 Å². The first-order valence-corrected chi connectivity index (χ1v) is 6.80. The number of hydrogen-bond donors (Lipinski definition) is 0. The van der Waals surface area contributed by atoms with Gasteiger partial charge in [-0.3, -0.25) is 4.79 Å². The van der Waals surface area contributed by atoms with Gasteiger partial charge in [0.15, 0.2) is 29.6 Å². The molecule has 0 saturated carbocycles. The molecule has 0 bridgehead atoms. The van der Waals surface area contributed by atoms with Crippen molar-refractivity contribution in [2.45, 2.75) is 19.0 Å². The van der Waals surface area contributed by atoms with Crippen LogP contribution in [0.1, 0.15) is 28.0 Å². The lowest BCUT2D eigenvalue weighted by Crippen LogP contribution is -2.05. The Morgan fingerprint density at radius 2 is 1.91 bits per heavy atom. The molecule has 22 heavy (non-hydrogen) atoms. The number of carbonyl (C=O) groups excluding carboxylic acids is 1. The Hall–Kier alpha value is -1.90. The number of alkyl halides is 3. The van der Waals surface area contributed by atoms with Crippen molar-refractivity contribution in [1.82, 2.24) is 8.96 Å². The highest BCUT2D eigenvalue weighted by Gasteiger charge is 2.36. The quantitative estimate of drug-likeness (QED) is 0.772. The molecule has 0 saturated heterocycles. The molecule has 1 aromatic heterocycles. The molecule has 1 aliphatic carbocycles. The van der Waals surface area contributed by atoms with Crippen LogP contribution in [0.3, 0.4) is 0 Å². The molecule has 1 aliphatic rings. The highest BCUT2D eigenvalue weighted by molar-refractivity contribution is 7.92. The second-order valence-corrected chi connectivity index (χ2v) is 5.29. The lowest BCUT2D eigenvalue weighted by Gasteiger charge is -2.06. The number of fused-ring (bicyclic) bond motifs is 1. The largest absolute Gasteiger partial charge is 0.434 e. The summed E-state index contributed by atoms with van der Waals surface area (Å²) in [5.41, 5.74) is -0.852. The summed E-state index contributed by atoms with van der Waals surface area (Å²) < 4.78 is 65.4. The molecule has 0 radical (unpaired) electrons. The van der Waals surface area contributed by atoms with E-state index in [0.717, 1.165) is 6.07 Å². The molecule has 3 rings (SSSR count). The predicted octanol–water partition coefficient (Wildman–Crippen LogP) is 4.22. The second kappa shape index (κ2) is 5.08. The first-order valence-electron chi connectivity index (χ1n) is 6.13. The summed E-state index contributed by atoms with van der Waals surface area (Å²) in [4.78, 5) is 14.8. The molecule has 116 valence electrons. The van der Waals surface area contributed by atoms with Crippen molar-refractivity contribution in [2.24, 2.45) is 0 Å². The molecular weight excluding hydrogens is 327 g/mol. The monoisotopic (exact) mass is 334 g/mol. The topological polar surface area (TPSA) is 34.9 Å². The number of imidazole rings is 1. The van der Waals surface area contributed by atoms with Gasteiger partial charge in [0.05, 0.1) is 11.8 Å². The average Bonchev–Trinajstić information content (AvgIpc) is 3.02. The van der Waals surface area contributed by atoms with Crippen LogP contribution >= 0.6 is 12.3 Å². The maximum atomic E-state index is 14.1. The van der Waals surface area contributed by atoms with Gasteiger partial charge in [-0.1, -0.05) is 0 Å². The standard InChI is InChI=1S/C13H7F5N2OS/c14-9-4-7-6(1-2-10(7)21)3-8(9)12-19-11(13(15,16)17)5-20(12)22-18/h3-5H,1-2H2. The molecule has 0 fully saturated rings. The Bertz CT molecular complexity index is 769. The number of rotatable bonds is 2. The van der Waals surface area contributed by atoms with Crippen LogP contribution in [-0.2, 0) is 12.6 Å². The zero-order chi connectivity index (χ0) is 16.1. The van der Waals surface area contributed by atoms with E-state index in [0.29, 0.717) is 22.2 Å². The Morgan fingerprint density at radius 1 is 1.18 bits per heavy atom. The van der Waals surface area contributed by atoms with Crippen molar-refractivity contribution in [3.8, 4) is 11.4 Å². The summed E-state index contributed by atoms with van der Waals surface area (Å²) in [6.45, 7) is 0. The Morgan fingerprint density at radius 3 is 2.55 bits per heavy atom. The van der Waals surface area contributed by atoms with Crippen molar-refractivity contribution in [2.75, 3.05) is 0 Å². The molecule has 1 aromatic carbocycles. The predicted molar refractivity (Wildman–Crippen MR) is 69.4 cm³/mol. The van der Waals surface area contributed by atoms with Crippen LogP contribution < -0.4 is 0 Å². The van der Waals surface area contributed by atoms with Crippen LogP contribution in [0, 0.1) is 5.82 Å². The summed E-state index contributed by atoms with van der Waals surface area (Å²) in [6, 6.07) is 2.22. The number of ketones is 1. The molecule has 3 nitrogen and oxygen atoms in total. The summed E-state index contributed by atoms with van der Waals surface area (Å²) >= 11 is -0.510. The van der Waals surface area contributed by atoms with Crippen LogP contribution in [0.2, 0.25) is 0 Å². The van der Waals surface area contributed by atoms with Crippen molar-refractivity contribution in [1.29, 1.82) is 0 Å². The highest BCUT2D eigenvalue weighted by atomic mass is 32.2. The Labute approximate surface area is 125 Å². The molecule has 1 heterocycles. The third kappa shape index (κ3) is 2.39. The lowest BCUT2D eigenvalue weighted by atomic mass is 10.0. The molecule has 0 N–H and O–H groups in total. The minimum Gasteiger partial charge on any atom is -0.294 e. The number of nitrogens with zero attached hydrogens (tertiary/aromatic N) is 2. The fraction of sp³-hybridized carbons (Fsp3) is 0.231. The van der Waals surface area contributed by atoms with Gasteiger partial charge in [-0.15, -0.1) is 3.89 Å². The van der Waals surface area contributed by atoms with Crippen LogP contribution in [0.25, 0.3) is 11.4 Å². The highest BCUT2D eigenvalue weighted by Crippen LogP contribution is 2.35. The van der Waals surface area contributed by atoms with Gasteiger partial charge in [-0.2, -0.15) is 13.2 Å². The normalized spacial score (nSPS) is 14.5. The molecule has 2 aromatic rings. The van der Waals surface area contributed by atoms with E-state index in [9.17, 15) is 26.2 Å². The summed E-state index contributed by atoms with van der Waals surface area (Å²) in [5, 5.41) is 0. The van der Waals surface area contributed by atoms with Gasteiger partial charge in [0.25, 0.3) is 0 Å². The first-order chi connectivity index (χ1) is 10.3.